The molecule has 4 rings (SSSR count). The molecule has 0 radical (unpaired) electrons. The monoisotopic (exact) mass is 593 g/mol. The summed E-state index contributed by atoms with van der Waals surface area (Å²) in [5, 5.41) is 6.54. The van der Waals surface area contributed by atoms with E-state index in [1.165, 1.54) is 5.01 Å². The Bertz CT molecular complexity index is 1510. The zero-order chi connectivity index (χ0) is 28.9. The third kappa shape index (κ3) is 7.51. The summed E-state index contributed by atoms with van der Waals surface area (Å²) >= 11 is 6.07. The van der Waals surface area contributed by atoms with E-state index >= 15 is 0 Å². The van der Waals surface area contributed by atoms with Gasteiger partial charge in [-0.1, -0.05) is 54.1 Å². The van der Waals surface area contributed by atoms with Gasteiger partial charge in [0.1, 0.15) is 12.3 Å². The van der Waals surface area contributed by atoms with E-state index in [0.29, 0.717) is 17.2 Å². The van der Waals surface area contributed by atoms with E-state index in [4.69, 9.17) is 22.4 Å². The lowest BCUT2D eigenvalue weighted by Gasteiger charge is -2.32. The lowest BCUT2D eigenvalue weighted by molar-refractivity contribution is -0.274. The Hall–Kier alpha value is -4.10. The largest absolute Gasteiger partial charge is 0.573 e. The normalized spacial score (nSPS) is 16.3. The quantitative estimate of drug-likeness (QED) is 0.313. The van der Waals surface area contributed by atoms with Crippen LogP contribution in [0.5, 0.6) is 5.75 Å². The van der Waals surface area contributed by atoms with Crippen LogP contribution in [0.2, 0.25) is 5.02 Å². The number of carbonyl (C=O) groups excluding carboxylic acids is 1. The molecule has 40 heavy (non-hydrogen) atoms. The number of nitrogens with zero attached hydrogens (tertiary/aromatic N) is 3. The van der Waals surface area contributed by atoms with Crippen LogP contribution in [0.3, 0.4) is 0 Å². The van der Waals surface area contributed by atoms with Gasteiger partial charge in [0, 0.05) is 17.5 Å². The Morgan fingerprint density at radius 1 is 1.07 bits per heavy atom. The van der Waals surface area contributed by atoms with Crippen LogP contribution in [-0.4, -0.2) is 50.5 Å². The number of aliphatic imine (C=N–C) groups is 1. The van der Waals surface area contributed by atoms with Gasteiger partial charge in [0.15, 0.2) is 0 Å². The summed E-state index contributed by atoms with van der Waals surface area (Å²) in [5.41, 5.74) is 7.58. The molecule has 210 valence electrons. The Morgan fingerprint density at radius 3 is 2.33 bits per heavy atom. The summed E-state index contributed by atoms with van der Waals surface area (Å²) < 4.78 is 69.8. The minimum absolute atomic E-state index is 0.145. The fourth-order valence-corrected chi connectivity index (χ4v) is 5.15. The molecule has 0 aromatic heterocycles. The second-order valence-electron chi connectivity index (χ2n) is 8.60. The predicted molar refractivity (Wildman–Crippen MR) is 143 cm³/mol. The first-order chi connectivity index (χ1) is 18.9. The van der Waals surface area contributed by atoms with Crippen LogP contribution >= 0.6 is 11.6 Å². The second-order valence-corrected chi connectivity index (χ2v) is 10.7. The highest BCUT2D eigenvalue weighted by Gasteiger charge is 2.32. The zero-order valence-corrected chi connectivity index (χ0v) is 22.2. The molecule has 0 spiro atoms. The fourth-order valence-electron chi connectivity index (χ4n) is 4.00. The molecular formula is C26H23ClF3N5O4S. The highest BCUT2D eigenvalue weighted by molar-refractivity contribution is 7.90. The van der Waals surface area contributed by atoms with Gasteiger partial charge >= 0.3 is 6.36 Å². The zero-order valence-electron chi connectivity index (χ0n) is 20.7. The highest BCUT2D eigenvalue weighted by atomic mass is 35.5. The number of amides is 1. The molecule has 1 atom stereocenters. The molecule has 1 heterocycles. The van der Waals surface area contributed by atoms with Crippen molar-refractivity contribution in [3.05, 3.63) is 95.0 Å². The van der Waals surface area contributed by atoms with E-state index in [-0.39, 0.29) is 23.3 Å². The Morgan fingerprint density at radius 2 is 1.73 bits per heavy atom. The molecule has 3 N–H and O–H groups in total. The number of nitrogens with two attached hydrogens (primary N) is 1. The molecule has 0 aliphatic carbocycles. The molecule has 3 aromatic carbocycles. The van der Waals surface area contributed by atoms with Gasteiger partial charge in [-0.05, 0) is 53.9 Å². The van der Waals surface area contributed by atoms with Gasteiger partial charge in [-0.3, -0.25) is 4.79 Å². The summed E-state index contributed by atoms with van der Waals surface area (Å²) in [6.45, 7) is -0.324. The van der Waals surface area contributed by atoms with E-state index in [1.807, 2.05) is 30.3 Å². The smallest absolute Gasteiger partial charge is 0.406 e. The lowest BCUT2D eigenvalue weighted by Crippen LogP contribution is -2.45. The average molecular weight is 594 g/mol. The van der Waals surface area contributed by atoms with E-state index in [9.17, 15) is 26.4 Å². The lowest BCUT2D eigenvalue weighted by atomic mass is 9.86. The molecule has 0 saturated heterocycles. The Balaban J connectivity index is 1.69. The summed E-state index contributed by atoms with van der Waals surface area (Å²) in [7, 11) is -4.37. The second kappa shape index (κ2) is 12.0. The average Bonchev–Trinajstić information content (AvgIpc) is 2.91. The molecule has 1 aliphatic rings. The van der Waals surface area contributed by atoms with Crippen molar-refractivity contribution in [2.45, 2.75) is 23.6 Å². The van der Waals surface area contributed by atoms with Gasteiger partial charge in [-0.2, -0.15) is 5.10 Å². The predicted octanol–water partition coefficient (Wildman–Crippen LogP) is 4.25. The van der Waals surface area contributed by atoms with E-state index in [2.05, 4.69) is 14.5 Å². The number of alkyl halides is 3. The van der Waals surface area contributed by atoms with Crippen molar-refractivity contribution in [3.63, 3.8) is 0 Å². The van der Waals surface area contributed by atoms with Crippen molar-refractivity contribution in [2.24, 2.45) is 15.8 Å². The number of carbonyl (C=O) groups is 1. The van der Waals surface area contributed by atoms with Crippen molar-refractivity contribution in [2.75, 3.05) is 13.1 Å². The van der Waals surface area contributed by atoms with E-state index in [0.717, 1.165) is 35.4 Å². The number of ether oxygens (including phenoxy) is 1. The Labute approximate surface area is 233 Å². The van der Waals surface area contributed by atoms with Gasteiger partial charge in [0.2, 0.25) is 11.9 Å². The minimum Gasteiger partial charge on any atom is -0.406 e. The van der Waals surface area contributed by atoms with Crippen LogP contribution in [0.15, 0.2) is 93.9 Å². The van der Waals surface area contributed by atoms with Crippen molar-refractivity contribution >= 4 is 39.2 Å². The van der Waals surface area contributed by atoms with E-state index in [1.54, 1.807) is 24.3 Å². The third-order valence-corrected chi connectivity index (χ3v) is 7.35. The summed E-state index contributed by atoms with van der Waals surface area (Å²) in [4.78, 5) is 15.2. The standard InChI is InChI=1S/C26H23ClF3N5O4S/c27-19-8-6-18(7-9-19)24-22(17-4-2-1-3-5-17)14-15-35(33-24)25(32-16-23(31)36)34-40(37,38)21-12-10-20(11-13-21)39-26(28,29)30/h1-13,22H,14-16H2,(H2,31,36)(H,32,34). The molecular weight excluding hydrogens is 571 g/mol. The van der Waals surface area contributed by atoms with Crippen molar-refractivity contribution < 1.29 is 31.1 Å². The van der Waals surface area contributed by atoms with Crippen LogP contribution < -0.4 is 15.2 Å². The number of benzene rings is 3. The number of hydrogen-bond acceptors (Lipinski definition) is 6. The molecule has 1 amide bonds. The number of sulfonamides is 1. The first-order valence-electron chi connectivity index (χ1n) is 11.8. The van der Waals surface area contributed by atoms with Crippen molar-refractivity contribution in [1.29, 1.82) is 0 Å². The number of guanidine groups is 1. The molecule has 0 saturated carbocycles. The number of halogens is 4. The Kier molecular flexibility index (Phi) is 8.64. The van der Waals surface area contributed by atoms with Crippen LogP contribution in [0, 0.1) is 0 Å². The highest BCUT2D eigenvalue weighted by Crippen LogP contribution is 2.30. The van der Waals surface area contributed by atoms with Crippen molar-refractivity contribution in [1.82, 2.24) is 9.73 Å². The topological polar surface area (TPSA) is 126 Å². The number of nitrogens with one attached hydrogen (secondary N) is 1. The van der Waals surface area contributed by atoms with Gasteiger partial charge < -0.3 is 10.5 Å². The number of primary amides is 1. The summed E-state index contributed by atoms with van der Waals surface area (Å²) in [6.07, 6.45) is -4.43. The van der Waals surface area contributed by atoms with Gasteiger partial charge in [-0.25, -0.2) is 23.1 Å². The molecule has 14 heteroatoms. The first kappa shape index (κ1) is 28.9. The SMILES string of the molecule is NC(=O)CN=C(NS(=O)(=O)c1ccc(OC(F)(F)F)cc1)N1CCC(c2ccccc2)C(c2ccc(Cl)cc2)=N1. The minimum atomic E-state index is -4.93. The van der Waals surface area contributed by atoms with Gasteiger partial charge in [-0.15, -0.1) is 13.2 Å². The summed E-state index contributed by atoms with van der Waals surface area (Å²) in [6, 6.07) is 20.2. The maximum absolute atomic E-state index is 13.1. The third-order valence-electron chi connectivity index (χ3n) is 5.75. The molecule has 9 nitrogen and oxygen atoms in total. The van der Waals surface area contributed by atoms with Gasteiger partial charge in [0.25, 0.3) is 10.0 Å². The van der Waals surface area contributed by atoms with Crippen LogP contribution in [-0.2, 0) is 14.8 Å². The molecule has 0 bridgehead atoms. The first-order valence-corrected chi connectivity index (χ1v) is 13.7. The van der Waals surface area contributed by atoms with Crippen LogP contribution in [0.4, 0.5) is 13.2 Å². The summed E-state index contributed by atoms with van der Waals surface area (Å²) in [5.74, 6) is -1.83. The van der Waals surface area contributed by atoms with Gasteiger partial charge in [0.05, 0.1) is 10.6 Å². The number of hydrogen-bond donors (Lipinski definition) is 2. The molecule has 3 aromatic rings. The fraction of sp³-hybridized carbons (Fsp3) is 0.192. The van der Waals surface area contributed by atoms with Crippen LogP contribution in [0.25, 0.3) is 0 Å². The maximum Gasteiger partial charge on any atom is 0.573 e. The maximum atomic E-state index is 13.1. The van der Waals surface area contributed by atoms with Crippen LogP contribution in [0.1, 0.15) is 23.5 Å². The molecule has 0 fully saturated rings. The number of rotatable bonds is 7. The van der Waals surface area contributed by atoms with E-state index < -0.39 is 34.6 Å². The number of hydrazone groups is 1. The molecule has 1 unspecified atom stereocenters. The van der Waals surface area contributed by atoms with Crippen molar-refractivity contribution in [3.8, 4) is 5.75 Å². The molecule has 1 aliphatic heterocycles.